The van der Waals surface area contributed by atoms with E-state index in [0.29, 0.717) is 51.4 Å². The molecule has 3 rings (SSSR count). The molecule has 32 N–H and O–H groups in total. The second-order valence-corrected chi connectivity index (χ2v) is 26.2. The lowest BCUT2D eigenvalue weighted by Crippen LogP contribution is -2.61. The lowest BCUT2D eigenvalue weighted by atomic mass is 9.83. The van der Waals surface area contributed by atoms with Gasteiger partial charge in [0.15, 0.2) is 11.9 Å². The lowest BCUT2D eigenvalue weighted by Gasteiger charge is -2.34. The van der Waals surface area contributed by atoms with Gasteiger partial charge in [0, 0.05) is 25.2 Å². The number of unbranched alkanes of at least 4 members (excludes halogenated alkanes) is 4. The van der Waals surface area contributed by atoms with Gasteiger partial charge in [0.25, 0.3) is 0 Å². The summed E-state index contributed by atoms with van der Waals surface area (Å²) in [5.74, 6) is -17.9. The third-order valence-corrected chi connectivity index (χ3v) is 18.0. The highest BCUT2D eigenvalue weighted by Crippen LogP contribution is 2.27. The number of nitrogens with zero attached hydrogens (tertiary/aromatic N) is 2. The third-order valence-electron chi connectivity index (χ3n) is 18.0. The van der Waals surface area contributed by atoms with Gasteiger partial charge in [0.1, 0.15) is 60.4 Å². The van der Waals surface area contributed by atoms with Crippen LogP contribution in [0.3, 0.4) is 0 Å². The molecule has 0 spiro atoms. The molecular weight excluding hydrogens is 1360 g/mol. The van der Waals surface area contributed by atoms with Gasteiger partial charge >= 0.3 is 11.9 Å². The molecule has 0 aromatic carbocycles. The Morgan fingerprint density at radius 3 is 0.779 bits per heavy atom. The zero-order chi connectivity index (χ0) is 77.3. The molecule has 2 saturated carbocycles. The van der Waals surface area contributed by atoms with Crippen LogP contribution in [0, 0.1) is 11.8 Å². The highest BCUT2D eigenvalue weighted by Gasteiger charge is 2.41. The van der Waals surface area contributed by atoms with Crippen molar-refractivity contribution in [2.75, 3.05) is 52.5 Å². The molecule has 3 fully saturated rings. The van der Waals surface area contributed by atoms with Gasteiger partial charge in [-0.1, -0.05) is 25.7 Å². The van der Waals surface area contributed by atoms with E-state index in [4.69, 9.17) is 45.9 Å². The maximum atomic E-state index is 14.6. The number of aliphatic hydroxyl groups is 2. The van der Waals surface area contributed by atoms with Crippen LogP contribution in [0.25, 0.3) is 0 Å². The number of rotatable bonds is 30. The molecule has 588 valence electrons. The van der Waals surface area contributed by atoms with Gasteiger partial charge in [-0.2, -0.15) is 0 Å². The molecule has 2 aliphatic carbocycles. The minimum atomic E-state index is -1.90. The maximum absolute atomic E-state index is 14.6. The van der Waals surface area contributed by atoms with Crippen LogP contribution in [-0.4, -0.2) is 240 Å². The monoisotopic (exact) mass is 1480 g/mol. The molecule has 104 heavy (non-hydrogen) atoms. The third kappa shape index (κ3) is 32.7. The number of nitrogens with two attached hydrogens (primary N) is 8. The Kier molecular flexibility index (Phi) is 41.8. The van der Waals surface area contributed by atoms with E-state index in [1.165, 1.54) is 0 Å². The van der Waals surface area contributed by atoms with E-state index in [1.54, 1.807) is 0 Å². The number of carboxylic acids is 2. The first-order chi connectivity index (χ1) is 49.6. The molecule has 1 heterocycles. The van der Waals surface area contributed by atoms with Crippen LogP contribution in [0.15, 0.2) is 9.98 Å². The largest absolute Gasteiger partial charge is 0.481 e. The fraction of sp³-hybridized carbons (Fsp3) is 0.750. The van der Waals surface area contributed by atoms with Crippen LogP contribution in [-0.2, 0) is 67.1 Å². The highest BCUT2D eigenvalue weighted by molar-refractivity contribution is 6.00. The Labute approximate surface area is 603 Å². The number of hydrogen-bond donors (Lipinski definition) is 24. The van der Waals surface area contributed by atoms with Crippen molar-refractivity contribution in [1.29, 1.82) is 0 Å². The van der Waals surface area contributed by atoms with E-state index in [2.05, 4.69) is 73.8 Å². The van der Waals surface area contributed by atoms with Crippen molar-refractivity contribution in [3.8, 4) is 0 Å². The first-order valence-corrected chi connectivity index (χ1v) is 35.8. The first-order valence-electron chi connectivity index (χ1n) is 35.8. The molecule has 0 bridgehead atoms. The summed E-state index contributed by atoms with van der Waals surface area (Å²) in [7, 11) is 0. The Hall–Kier alpha value is -9.12. The predicted molar refractivity (Wildman–Crippen MR) is 377 cm³/mol. The predicted octanol–water partition coefficient (Wildman–Crippen LogP) is -8.24. The summed E-state index contributed by atoms with van der Waals surface area (Å²) in [6.45, 7) is -1.68. The first kappa shape index (κ1) is 89.1. The fourth-order valence-electron chi connectivity index (χ4n) is 12.3. The maximum Gasteiger partial charge on any atom is 0.305 e. The van der Waals surface area contributed by atoms with Crippen molar-refractivity contribution in [2.24, 2.45) is 67.7 Å². The number of aliphatic hydroxyl groups excluding tert-OH is 2. The van der Waals surface area contributed by atoms with Gasteiger partial charge in [0.05, 0.1) is 37.9 Å². The van der Waals surface area contributed by atoms with E-state index in [9.17, 15) is 87.5 Å². The molecular formula is C64H114N22O18. The van der Waals surface area contributed by atoms with Crippen LogP contribution in [0.5, 0.6) is 0 Å². The molecule has 0 aromatic heterocycles. The van der Waals surface area contributed by atoms with Gasteiger partial charge in [-0.15, -0.1) is 0 Å². The Morgan fingerprint density at radius 1 is 0.308 bits per heavy atom. The number of carboxylic acid groups (broad SMARTS) is 2. The Bertz CT molecular complexity index is 2720. The lowest BCUT2D eigenvalue weighted by molar-refractivity contribution is -0.142. The standard InChI is InChI=1S/C64H114N22O18/c65-25-9-5-19-39-53(95)81-41(21-7-11-27-67)58(100)86-48(34-88)62(104)84-46(32-50(91)92)60(102)76-38-18-4-2-16-36(38)52(94)78-44(24-14-30-74-64(71)72)56(98)80-40(20-6-10-26-66)54(96)82-42(22-8-12-28-68)57(99)85-47(33-87)61(103)83-45(31-49(89)90)59(101)75-37-17-3-1-15-35(37)51(93)77-43(55(97)79-39)23-13-29-73-63(69)70/h35-48,87-88H,1-34,65-68H2,(H,75,101)(H,76,102)(H,77,93)(H,78,94)(H,79,97)(H,80,98)(H,81,95)(H,82,96)(H,83,103)(H,84,104)(H,85,99)(H,86,100)(H,89,90)(H,91,92)(H4,69,70,73)(H4,71,72,74)/t35-,36-,37-,38-,39-,40-,41-,42-,43-,44-,45-,46-,47-,48-/m0/s1. The van der Waals surface area contributed by atoms with Crippen LogP contribution in [0.2, 0.25) is 0 Å². The van der Waals surface area contributed by atoms with Gasteiger partial charge < -0.3 is 130 Å². The number of nitrogens with one attached hydrogen (secondary N) is 12. The number of aliphatic carboxylic acids is 2. The van der Waals surface area contributed by atoms with E-state index >= 15 is 0 Å². The Balaban J connectivity index is 2.27. The van der Waals surface area contributed by atoms with E-state index in [-0.39, 0.29) is 154 Å². The smallest absolute Gasteiger partial charge is 0.305 e. The summed E-state index contributed by atoms with van der Waals surface area (Å²) in [5.41, 5.74) is 45.5. The Morgan fingerprint density at radius 2 is 0.529 bits per heavy atom. The summed E-state index contributed by atoms with van der Waals surface area (Å²) < 4.78 is 0. The number of carbonyl (C=O) groups excluding carboxylic acids is 12. The quantitative estimate of drug-likeness (QED) is 0.0180. The number of aliphatic imine (C=N–C) groups is 2. The minimum absolute atomic E-state index is 0.0297. The highest BCUT2D eigenvalue weighted by atomic mass is 16.4. The number of fused-ring (bicyclic) bond motifs is 2. The van der Waals surface area contributed by atoms with Crippen molar-refractivity contribution >= 4 is 94.7 Å². The van der Waals surface area contributed by atoms with Crippen molar-refractivity contribution < 1.29 is 87.5 Å². The average Bonchev–Trinajstić information content (AvgIpc) is 0.838. The minimum Gasteiger partial charge on any atom is -0.481 e. The van der Waals surface area contributed by atoms with Gasteiger partial charge in [-0.05, 0) is 155 Å². The van der Waals surface area contributed by atoms with Crippen molar-refractivity contribution in [3.63, 3.8) is 0 Å². The summed E-state index contributed by atoms with van der Waals surface area (Å²) in [4.78, 5) is 205. The molecule has 40 nitrogen and oxygen atoms in total. The topological polar surface area (TPSA) is 697 Å². The van der Waals surface area contributed by atoms with Crippen LogP contribution < -0.4 is 110 Å². The van der Waals surface area contributed by atoms with Crippen LogP contribution in [0.4, 0.5) is 0 Å². The zero-order valence-electron chi connectivity index (χ0n) is 59.1. The molecule has 0 aromatic rings. The SMILES string of the molecule is NCCCC[C@@H]1NC(=O)[C@H](CCCCN)NC(=O)[C@H](CCCN=C(N)N)NC(=O)[C@H]2CCCC[C@@H]2NC(=O)[C@H](CC(=O)O)NC(=O)[C@H](CO)NC(=O)[C@H](CCCCN)NC(=O)[C@H](CCCCN)NC(=O)[C@H](CCCN=C(N)N)NC(=O)[C@H]2CCCC[C@@H]2NC(=O)[C@H](CC(=O)O)NC(=O)[C@H](CO)NC1=O. The molecule has 0 radical (unpaired) electrons. The number of guanidine groups is 2. The molecule has 3 aliphatic rings. The number of carbonyl (C=O) groups is 14. The van der Waals surface area contributed by atoms with Crippen LogP contribution in [0.1, 0.15) is 167 Å². The van der Waals surface area contributed by atoms with Gasteiger partial charge in [-0.3, -0.25) is 77.1 Å². The normalized spacial score (nSPS) is 26.8. The zero-order valence-corrected chi connectivity index (χ0v) is 59.1. The van der Waals surface area contributed by atoms with Crippen molar-refractivity contribution in [1.82, 2.24) is 63.8 Å². The second kappa shape index (κ2) is 48.8. The average molecular weight is 1480 g/mol. The van der Waals surface area contributed by atoms with E-state index < -0.39 is 193 Å². The number of hydrogen-bond acceptors (Lipinski definition) is 22. The molecule has 0 unspecified atom stereocenters. The summed E-state index contributed by atoms with van der Waals surface area (Å²) in [6.07, 6.45) is 1.90. The molecule has 1 aliphatic heterocycles. The van der Waals surface area contributed by atoms with Gasteiger partial charge in [0.2, 0.25) is 70.9 Å². The molecule has 14 atom stereocenters. The van der Waals surface area contributed by atoms with E-state index in [1.807, 2.05) is 0 Å². The van der Waals surface area contributed by atoms with Crippen molar-refractivity contribution in [2.45, 2.75) is 239 Å². The number of amides is 12. The van der Waals surface area contributed by atoms with Crippen molar-refractivity contribution in [3.05, 3.63) is 0 Å². The molecule has 40 heteroatoms. The summed E-state index contributed by atoms with van der Waals surface area (Å²) in [6, 6.07) is -18.5. The van der Waals surface area contributed by atoms with Gasteiger partial charge in [-0.25, -0.2) is 0 Å². The molecule has 1 saturated heterocycles. The molecule has 12 amide bonds. The fourth-order valence-corrected chi connectivity index (χ4v) is 12.3. The summed E-state index contributed by atoms with van der Waals surface area (Å²) >= 11 is 0. The van der Waals surface area contributed by atoms with Crippen LogP contribution >= 0.6 is 0 Å². The summed E-state index contributed by atoms with van der Waals surface area (Å²) in [5, 5.41) is 71.8. The second-order valence-electron chi connectivity index (χ2n) is 26.2. The van der Waals surface area contributed by atoms with E-state index in [0.717, 1.165) is 0 Å².